The summed E-state index contributed by atoms with van der Waals surface area (Å²) in [5, 5.41) is 16.1. The summed E-state index contributed by atoms with van der Waals surface area (Å²) in [6.07, 6.45) is 5.65. The third kappa shape index (κ3) is 12.6. The maximum atomic E-state index is 14.4. The lowest BCUT2D eigenvalue weighted by molar-refractivity contribution is -0.141. The largest absolute Gasteiger partial charge is 0.508 e. The Labute approximate surface area is 257 Å². The molecular weight excluding hydrogens is 546 g/mol. The van der Waals surface area contributed by atoms with Gasteiger partial charge < -0.3 is 30.1 Å². The standard InChI is InChI=1S/C34H51N3O6/c1-8-9-10-11-12-13-21-37(32(40)29(22-24(2)3)36-33(41)43-34(4,5)6)30(25-15-14-16-27(38)23-25)31(39)35-26-17-19-28(42-7)20-18-26/h14-20,23-24,29-30,38H,8-13,21-22H2,1-7H3,(H,35,39)(H,36,41). The van der Waals surface area contributed by atoms with Gasteiger partial charge in [0, 0.05) is 12.2 Å². The summed E-state index contributed by atoms with van der Waals surface area (Å²) in [6.45, 7) is 11.7. The van der Waals surface area contributed by atoms with Crippen molar-refractivity contribution in [2.75, 3.05) is 19.0 Å². The second kappa shape index (κ2) is 17.4. The van der Waals surface area contributed by atoms with Gasteiger partial charge in [-0.25, -0.2) is 4.79 Å². The molecule has 2 atom stereocenters. The number of nitrogens with zero attached hydrogens (tertiary/aromatic N) is 1. The highest BCUT2D eigenvalue weighted by Crippen LogP contribution is 2.29. The molecule has 238 valence electrons. The smallest absolute Gasteiger partial charge is 0.408 e. The first-order valence-corrected chi connectivity index (χ1v) is 15.4. The molecule has 0 aliphatic heterocycles. The van der Waals surface area contributed by atoms with Gasteiger partial charge in [-0.2, -0.15) is 0 Å². The van der Waals surface area contributed by atoms with Crippen molar-refractivity contribution in [1.82, 2.24) is 10.2 Å². The van der Waals surface area contributed by atoms with E-state index in [1.54, 1.807) is 64.3 Å². The maximum absolute atomic E-state index is 14.4. The highest BCUT2D eigenvalue weighted by molar-refractivity contribution is 5.99. The van der Waals surface area contributed by atoms with Crippen LogP contribution >= 0.6 is 0 Å². The summed E-state index contributed by atoms with van der Waals surface area (Å²) in [6, 6.07) is 11.3. The van der Waals surface area contributed by atoms with Crippen LogP contribution in [0.4, 0.5) is 10.5 Å². The molecule has 3 N–H and O–H groups in total. The number of carbonyl (C=O) groups is 3. The quantitative estimate of drug-likeness (QED) is 0.176. The van der Waals surface area contributed by atoms with Crippen molar-refractivity contribution in [2.24, 2.45) is 5.92 Å². The molecule has 9 nitrogen and oxygen atoms in total. The number of methoxy groups -OCH3 is 1. The topological polar surface area (TPSA) is 117 Å². The average molecular weight is 598 g/mol. The Balaban J connectivity index is 2.50. The molecule has 2 aromatic carbocycles. The lowest BCUT2D eigenvalue weighted by atomic mass is 9.98. The third-order valence-corrected chi connectivity index (χ3v) is 6.84. The van der Waals surface area contributed by atoms with E-state index >= 15 is 0 Å². The van der Waals surface area contributed by atoms with Gasteiger partial charge in [0.25, 0.3) is 5.91 Å². The zero-order valence-electron chi connectivity index (χ0n) is 26.9. The molecule has 2 rings (SSSR count). The fourth-order valence-electron chi connectivity index (χ4n) is 4.82. The van der Waals surface area contributed by atoms with Gasteiger partial charge in [-0.15, -0.1) is 0 Å². The van der Waals surface area contributed by atoms with Crippen LogP contribution in [-0.2, 0) is 14.3 Å². The first-order chi connectivity index (χ1) is 20.3. The lowest BCUT2D eigenvalue weighted by Gasteiger charge is -2.35. The average Bonchev–Trinajstić information content (AvgIpc) is 2.92. The number of carbonyl (C=O) groups excluding carboxylic acids is 3. The predicted octanol–water partition coefficient (Wildman–Crippen LogP) is 7.21. The van der Waals surface area contributed by atoms with E-state index in [-0.39, 0.29) is 17.6 Å². The predicted molar refractivity (Wildman–Crippen MR) is 170 cm³/mol. The van der Waals surface area contributed by atoms with E-state index in [2.05, 4.69) is 17.6 Å². The Kier molecular flexibility index (Phi) is 14.3. The number of alkyl carbamates (subject to hydrolysis) is 1. The molecule has 0 aliphatic carbocycles. The van der Waals surface area contributed by atoms with Gasteiger partial charge in [-0.3, -0.25) is 9.59 Å². The monoisotopic (exact) mass is 597 g/mol. The number of ether oxygens (including phenoxy) is 2. The zero-order chi connectivity index (χ0) is 32.0. The van der Waals surface area contributed by atoms with Crippen LogP contribution in [0.1, 0.15) is 98.1 Å². The molecule has 2 unspecified atom stereocenters. The van der Waals surface area contributed by atoms with E-state index in [9.17, 15) is 19.5 Å². The molecule has 0 saturated heterocycles. The van der Waals surface area contributed by atoms with Gasteiger partial charge in [0.2, 0.25) is 5.91 Å². The first-order valence-electron chi connectivity index (χ1n) is 15.4. The van der Waals surface area contributed by atoms with E-state index in [0.29, 0.717) is 36.4 Å². The van der Waals surface area contributed by atoms with Crippen molar-refractivity contribution in [1.29, 1.82) is 0 Å². The van der Waals surface area contributed by atoms with E-state index in [4.69, 9.17) is 9.47 Å². The van der Waals surface area contributed by atoms with Crippen LogP contribution in [0, 0.1) is 5.92 Å². The highest BCUT2D eigenvalue weighted by atomic mass is 16.6. The van der Waals surface area contributed by atoms with Gasteiger partial charge in [0.15, 0.2) is 0 Å². The second-order valence-electron chi connectivity index (χ2n) is 12.3. The van der Waals surface area contributed by atoms with Gasteiger partial charge >= 0.3 is 6.09 Å². The summed E-state index contributed by atoms with van der Waals surface area (Å²) in [4.78, 5) is 42.8. The Morgan fingerprint density at radius 2 is 1.60 bits per heavy atom. The van der Waals surface area contributed by atoms with E-state index in [1.165, 1.54) is 17.0 Å². The Hall–Kier alpha value is -3.75. The number of hydrogen-bond acceptors (Lipinski definition) is 6. The van der Waals surface area contributed by atoms with Crippen LogP contribution in [0.2, 0.25) is 0 Å². The molecule has 0 heterocycles. The number of benzene rings is 2. The zero-order valence-corrected chi connectivity index (χ0v) is 26.9. The van der Waals surface area contributed by atoms with Crippen molar-refractivity contribution in [3.8, 4) is 11.5 Å². The highest BCUT2D eigenvalue weighted by Gasteiger charge is 2.36. The normalized spacial score (nSPS) is 12.7. The minimum atomic E-state index is -1.06. The summed E-state index contributed by atoms with van der Waals surface area (Å²) in [5.41, 5.74) is 0.259. The molecule has 3 amide bonds. The SMILES string of the molecule is CCCCCCCCN(C(=O)C(CC(C)C)NC(=O)OC(C)(C)C)C(C(=O)Nc1ccc(OC)cc1)c1cccc(O)c1. The molecule has 0 fully saturated rings. The van der Waals surface area contributed by atoms with Crippen LogP contribution in [0.25, 0.3) is 0 Å². The number of unbranched alkanes of at least 4 members (excludes halogenated alkanes) is 5. The number of anilines is 1. The van der Waals surface area contributed by atoms with Gasteiger partial charge in [-0.1, -0.05) is 65.0 Å². The van der Waals surface area contributed by atoms with Crippen LogP contribution in [0.5, 0.6) is 11.5 Å². The van der Waals surface area contributed by atoms with Gasteiger partial charge in [-0.05, 0) is 81.5 Å². The number of hydrogen-bond donors (Lipinski definition) is 3. The minimum absolute atomic E-state index is 0.0164. The van der Waals surface area contributed by atoms with E-state index < -0.39 is 29.7 Å². The fourth-order valence-corrected chi connectivity index (χ4v) is 4.82. The van der Waals surface area contributed by atoms with Gasteiger partial charge in [0.05, 0.1) is 7.11 Å². The third-order valence-electron chi connectivity index (χ3n) is 6.84. The Morgan fingerprint density at radius 3 is 2.19 bits per heavy atom. The number of rotatable bonds is 16. The van der Waals surface area contributed by atoms with E-state index in [1.807, 2.05) is 13.8 Å². The molecular formula is C34H51N3O6. The number of phenolic OH excluding ortho intramolecular Hbond substituents is 1. The summed E-state index contributed by atoms with van der Waals surface area (Å²) in [5.74, 6) is -0.112. The van der Waals surface area contributed by atoms with Crippen LogP contribution in [0.15, 0.2) is 48.5 Å². The van der Waals surface area contributed by atoms with E-state index in [0.717, 1.165) is 32.1 Å². The molecule has 0 aromatic heterocycles. The molecule has 0 saturated carbocycles. The molecule has 0 bridgehead atoms. The number of aromatic hydroxyl groups is 1. The van der Waals surface area contributed by atoms with Crippen molar-refractivity contribution in [2.45, 2.75) is 104 Å². The van der Waals surface area contributed by atoms with Crippen LogP contribution in [0.3, 0.4) is 0 Å². The van der Waals surface area contributed by atoms with Crippen molar-refractivity contribution < 1.29 is 29.0 Å². The summed E-state index contributed by atoms with van der Waals surface area (Å²) in [7, 11) is 1.57. The fraction of sp³-hybridized carbons (Fsp3) is 0.559. The van der Waals surface area contributed by atoms with Crippen molar-refractivity contribution in [3.05, 3.63) is 54.1 Å². The molecule has 9 heteroatoms. The van der Waals surface area contributed by atoms with Gasteiger partial charge in [0.1, 0.15) is 29.2 Å². The molecule has 0 radical (unpaired) electrons. The minimum Gasteiger partial charge on any atom is -0.508 e. The number of nitrogens with one attached hydrogen (secondary N) is 2. The number of amides is 3. The van der Waals surface area contributed by atoms with Crippen LogP contribution in [-0.4, -0.2) is 53.2 Å². The van der Waals surface area contributed by atoms with Crippen LogP contribution < -0.4 is 15.4 Å². The maximum Gasteiger partial charge on any atom is 0.408 e. The Morgan fingerprint density at radius 1 is 0.953 bits per heavy atom. The molecule has 0 spiro atoms. The second-order valence-corrected chi connectivity index (χ2v) is 12.3. The summed E-state index contributed by atoms with van der Waals surface area (Å²) < 4.78 is 10.7. The molecule has 2 aromatic rings. The summed E-state index contributed by atoms with van der Waals surface area (Å²) >= 11 is 0. The van der Waals surface area contributed by atoms with Crippen molar-refractivity contribution >= 4 is 23.6 Å². The van der Waals surface area contributed by atoms with Crippen molar-refractivity contribution in [3.63, 3.8) is 0 Å². The Bertz CT molecular complexity index is 1160. The first kappa shape index (κ1) is 35.4. The lowest BCUT2D eigenvalue weighted by Crippen LogP contribution is -2.53. The molecule has 43 heavy (non-hydrogen) atoms. The number of phenols is 1. The molecule has 0 aliphatic rings.